The molecule has 2 aromatic rings. The van der Waals surface area contributed by atoms with Gasteiger partial charge in [-0.1, -0.05) is 0 Å². The summed E-state index contributed by atoms with van der Waals surface area (Å²) in [5.41, 5.74) is 6.09. The van der Waals surface area contributed by atoms with E-state index in [0.29, 0.717) is 10.2 Å². The molecule has 0 saturated heterocycles. The number of primary amides is 1. The summed E-state index contributed by atoms with van der Waals surface area (Å²) >= 11 is 1.32. The first-order valence-corrected chi connectivity index (χ1v) is 6.29. The lowest BCUT2D eigenvalue weighted by atomic mass is 10.0. The number of thiazole rings is 1. The fraction of sp³-hybridized carbons (Fsp3) is 0.273. The van der Waals surface area contributed by atoms with Gasteiger partial charge in [-0.2, -0.15) is 0 Å². The fourth-order valence-electron chi connectivity index (χ4n) is 1.60. The Kier molecular flexibility index (Phi) is 3.11. The van der Waals surface area contributed by atoms with E-state index in [1.54, 1.807) is 31.5 Å². The first kappa shape index (κ1) is 13.2. The van der Waals surface area contributed by atoms with Crippen LogP contribution in [-0.2, 0) is 4.79 Å². The maximum absolute atomic E-state index is 11.3. The third-order valence-corrected chi connectivity index (χ3v) is 3.52. The predicted octanol–water partition coefficient (Wildman–Crippen LogP) is 1.88. The third-order valence-electron chi connectivity index (χ3n) is 2.72. The van der Waals surface area contributed by atoms with E-state index in [-0.39, 0.29) is 11.4 Å². The maximum Gasteiger partial charge on any atom is 0.319 e. The lowest BCUT2D eigenvalue weighted by molar-refractivity contribution is -0.382. The van der Waals surface area contributed by atoms with Crippen molar-refractivity contribution in [2.45, 2.75) is 19.4 Å². The highest BCUT2D eigenvalue weighted by Gasteiger charge is 2.29. The Morgan fingerprint density at radius 2 is 2.21 bits per heavy atom. The predicted molar refractivity (Wildman–Crippen MR) is 73.2 cm³/mol. The van der Waals surface area contributed by atoms with Crippen LogP contribution in [0.25, 0.3) is 10.2 Å². The lowest BCUT2D eigenvalue weighted by Crippen LogP contribution is -2.45. The van der Waals surface area contributed by atoms with Crippen LogP contribution in [0.2, 0.25) is 0 Å². The topological polar surface area (TPSA) is 111 Å². The average Bonchev–Trinajstić information content (AvgIpc) is 2.75. The van der Waals surface area contributed by atoms with Crippen LogP contribution in [0.4, 0.5) is 11.4 Å². The molecule has 0 saturated carbocycles. The molecule has 0 atom stereocenters. The number of nitro groups is 1. The number of aromatic nitrogens is 1. The van der Waals surface area contributed by atoms with E-state index in [1.807, 2.05) is 0 Å². The fourth-order valence-corrected chi connectivity index (χ4v) is 2.28. The second-order valence-corrected chi connectivity index (χ2v) is 5.42. The van der Waals surface area contributed by atoms with Gasteiger partial charge in [-0.3, -0.25) is 14.9 Å². The van der Waals surface area contributed by atoms with Gasteiger partial charge in [0, 0.05) is 0 Å². The van der Waals surface area contributed by atoms with Crippen molar-refractivity contribution in [3.8, 4) is 0 Å². The van der Waals surface area contributed by atoms with Crippen molar-refractivity contribution < 1.29 is 9.72 Å². The molecule has 0 aliphatic heterocycles. The third kappa shape index (κ3) is 2.34. The van der Waals surface area contributed by atoms with E-state index in [4.69, 9.17) is 5.73 Å². The first-order chi connectivity index (χ1) is 8.83. The van der Waals surface area contributed by atoms with Crippen LogP contribution >= 0.6 is 11.3 Å². The minimum atomic E-state index is -1.09. The van der Waals surface area contributed by atoms with E-state index < -0.39 is 16.4 Å². The SMILES string of the molecule is CC(C)(Nc1ccc2scnc2c1[N+](=O)[O-])C(N)=O. The second kappa shape index (κ2) is 4.47. The molecule has 0 fully saturated rings. The van der Waals surface area contributed by atoms with E-state index >= 15 is 0 Å². The van der Waals surface area contributed by atoms with Crippen LogP contribution in [0.3, 0.4) is 0 Å². The molecule has 0 unspecified atom stereocenters. The summed E-state index contributed by atoms with van der Waals surface area (Å²) in [5.74, 6) is -0.597. The Bertz CT molecular complexity index is 665. The van der Waals surface area contributed by atoms with Gasteiger partial charge in [0.25, 0.3) is 0 Å². The Labute approximate surface area is 112 Å². The number of anilines is 1. The molecule has 0 spiro atoms. The minimum absolute atomic E-state index is 0.145. The molecule has 8 heteroatoms. The molecule has 0 bridgehead atoms. The maximum atomic E-state index is 11.3. The standard InChI is InChI=1S/C11H12N4O3S/c1-11(2,10(12)16)14-6-3-4-7-8(13-5-19-7)9(6)15(17)18/h3-5,14H,1-2H3,(H2,12,16). The van der Waals surface area contributed by atoms with Crippen LogP contribution in [0.5, 0.6) is 0 Å². The second-order valence-electron chi connectivity index (χ2n) is 4.53. The smallest absolute Gasteiger partial charge is 0.319 e. The monoisotopic (exact) mass is 280 g/mol. The normalized spacial score (nSPS) is 11.5. The van der Waals surface area contributed by atoms with Crippen molar-refractivity contribution >= 4 is 38.8 Å². The minimum Gasteiger partial charge on any atom is -0.368 e. The molecule has 0 aliphatic rings. The highest BCUT2D eigenvalue weighted by atomic mass is 32.1. The number of nitrogens with one attached hydrogen (secondary N) is 1. The quantitative estimate of drug-likeness (QED) is 0.656. The number of hydrogen-bond donors (Lipinski definition) is 2. The number of hydrogen-bond acceptors (Lipinski definition) is 6. The Hall–Kier alpha value is -2.22. The van der Waals surface area contributed by atoms with Crippen molar-refractivity contribution in [3.63, 3.8) is 0 Å². The van der Waals surface area contributed by atoms with E-state index in [1.165, 1.54) is 11.3 Å². The molecule has 3 N–H and O–H groups in total. The summed E-state index contributed by atoms with van der Waals surface area (Å²) in [5, 5.41) is 14.0. The van der Waals surface area contributed by atoms with Crippen molar-refractivity contribution in [1.29, 1.82) is 0 Å². The Morgan fingerprint density at radius 3 is 2.79 bits per heavy atom. The average molecular weight is 280 g/mol. The highest BCUT2D eigenvalue weighted by Crippen LogP contribution is 2.35. The molecule has 7 nitrogen and oxygen atoms in total. The molecule has 100 valence electrons. The molecule has 1 aromatic carbocycles. The molecule has 1 heterocycles. The van der Waals surface area contributed by atoms with Gasteiger partial charge >= 0.3 is 5.69 Å². The van der Waals surface area contributed by atoms with Gasteiger partial charge in [0.05, 0.1) is 15.1 Å². The summed E-state index contributed by atoms with van der Waals surface area (Å²) in [6, 6.07) is 3.28. The Balaban J connectivity index is 2.57. The zero-order valence-electron chi connectivity index (χ0n) is 10.3. The number of nitrogens with two attached hydrogens (primary N) is 1. The van der Waals surface area contributed by atoms with E-state index in [9.17, 15) is 14.9 Å². The molecule has 2 rings (SSSR count). The van der Waals surface area contributed by atoms with Crippen LogP contribution < -0.4 is 11.1 Å². The van der Waals surface area contributed by atoms with Gasteiger partial charge in [0.2, 0.25) is 5.91 Å². The number of amides is 1. The molecule has 19 heavy (non-hydrogen) atoms. The number of rotatable bonds is 4. The van der Waals surface area contributed by atoms with Gasteiger partial charge in [-0.05, 0) is 26.0 Å². The molecule has 1 aromatic heterocycles. The van der Waals surface area contributed by atoms with Crippen molar-refractivity contribution in [2.24, 2.45) is 5.73 Å². The van der Waals surface area contributed by atoms with Crippen LogP contribution in [0.1, 0.15) is 13.8 Å². The van der Waals surface area contributed by atoms with Gasteiger partial charge in [0.15, 0.2) is 5.52 Å². The van der Waals surface area contributed by atoms with Crippen molar-refractivity contribution in [2.75, 3.05) is 5.32 Å². The highest BCUT2D eigenvalue weighted by molar-refractivity contribution is 7.16. The number of carbonyl (C=O) groups is 1. The number of fused-ring (bicyclic) bond motifs is 1. The largest absolute Gasteiger partial charge is 0.368 e. The van der Waals surface area contributed by atoms with E-state index in [0.717, 1.165) is 0 Å². The summed E-state index contributed by atoms with van der Waals surface area (Å²) in [6.45, 7) is 3.12. The lowest BCUT2D eigenvalue weighted by Gasteiger charge is -2.23. The summed E-state index contributed by atoms with van der Waals surface area (Å²) in [4.78, 5) is 26.0. The van der Waals surface area contributed by atoms with Crippen molar-refractivity contribution in [3.05, 3.63) is 27.8 Å². The molecule has 0 radical (unpaired) electrons. The van der Waals surface area contributed by atoms with E-state index in [2.05, 4.69) is 10.3 Å². The first-order valence-electron chi connectivity index (χ1n) is 5.41. The van der Waals surface area contributed by atoms with Crippen LogP contribution in [0, 0.1) is 10.1 Å². The van der Waals surface area contributed by atoms with Gasteiger partial charge < -0.3 is 11.1 Å². The molecular formula is C11H12N4O3S. The number of nitrogens with zero attached hydrogens (tertiary/aromatic N) is 2. The zero-order valence-corrected chi connectivity index (χ0v) is 11.2. The number of benzene rings is 1. The molecule has 1 amide bonds. The van der Waals surface area contributed by atoms with Crippen LogP contribution in [0.15, 0.2) is 17.6 Å². The Morgan fingerprint density at radius 1 is 1.53 bits per heavy atom. The zero-order chi connectivity index (χ0) is 14.2. The number of nitro benzene ring substituents is 1. The van der Waals surface area contributed by atoms with Gasteiger partial charge in [-0.25, -0.2) is 4.98 Å². The van der Waals surface area contributed by atoms with Gasteiger partial charge in [0.1, 0.15) is 11.2 Å². The summed E-state index contributed by atoms with van der Waals surface area (Å²) < 4.78 is 0.717. The molecule has 0 aliphatic carbocycles. The van der Waals surface area contributed by atoms with Crippen LogP contribution in [-0.4, -0.2) is 21.4 Å². The summed E-state index contributed by atoms with van der Waals surface area (Å²) in [7, 11) is 0. The molecular weight excluding hydrogens is 268 g/mol. The van der Waals surface area contributed by atoms with Gasteiger partial charge in [-0.15, -0.1) is 11.3 Å². The number of carbonyl (C=O) groups excluding carboxylic acids is 1. The summed E-state index contributed by atoms with van der Waals surface area (Å²) in [6.07, 6.45) is 0. The van der Waals surface area contributed by atoms with Crippen molar-refractivity contribution in [1.82, 2.24) is 4.98 Å².